The molecule has 0 heterocycles. The van der Waals surface area contributed by atoms with Crippen LogP contribution < -0.4 is 4.90 Å². The van der Waals surface area contributed by atoms with Crippen LogP contribution in [0.15, 0.2) is 49.0 Å². The van der Waals surface area contributed by atoms with Crippen LogP contribution in [0.25, 0.3) is 5.70 Å². The Hall–Kier alpha value is -2.69. The number of nitrogens with zero attached hydrogens (tertiary/aromatic N) is 2. The fourth-order valence-electron chi connectivity index (χ4n) is 2.36. The van der Waals surface area contributed by atoms with E-state index in [1.54, 1.807) is 18.2 Å². The molecule has 2 aromatic rings. The second-order valence-corrected chi connectivity index (χ2v) is 4.93. The zero-order valence-corrected chi connectivity index (χ0v) is 12.5. The molecular formula is C17H17FN2O2. The molecule has 2 rings (SSSR count). The summed E-state index contributed by atoms with van der Waals surface area (Å²) < 4.78 is 13.0. The molecule has 0 radical (unpaired) electrons. The Balaban J connectivity index is 2.37. The van der Waals surface area contributed by atoms with Gasteiger partial charge in [0.2, 0.25) is 0 Å². The average Bonchev–Trinajstić information content (AvgIpc) is 2.49. The lowest BCUT2D eigenvalue weighted by Gasteiger charge is -2.27. The SMILES string of the molecule is C=C(c1ccc(F)cc1)N(CC)c1ccc([N+](=O)[O-])cc1C. The highest BCUT2D eigenvalue weighted by Gasteiger charge is 2.15. The van der Waals surface area contributed by atoms with Gasteiger partial charge < -0.3 is 4.90 Å². The Morgan fingerprint density at radius 1 is 1.27 bits per heavy atom. The van der Waals surface area contributed by atoms with E-state index in [1.807, 2.05) is 18.7 Å². The standard InChI is InChI=1S/C17H17FN2O2/c1-4-19(13(3)14-5-7-15(18)8-6-14)17-10-9-16(20(21)22)11-12(17)2/h5-11H,3-4H2,1-2H3. The summed E-state index contributed by atoms with van der Waals surface area (Å²) in [5.74, 6) is -0.300. The molecule has 0 N–H and O–H groups in total. The topological polar surface area (TPSA) is 46.4 Å². The van der Waals surface area contributed by atoms with Gasteiger partial charge in [-0.2, -0.15) is 0 Å². The Kier molecular flexibility index (Phi) is 4.56. The van der Waals surface area contributed by atoms with Gasteiger partial charge in [-0.05, 0) is 43.2 Å². The van der Waals surface area contributed by atoms with Crippen molar-refractivity contribution in [3.63, 3.8) is 0 Å². The van der Waals surface area contributed by atoms with Crippen molar-refractivity contribution in [3.05, 3.63) is 76.1 Å². The van der Waals surface area contributed by atoms with E-state index in [0.717, 1.165) is 22.5 Å². The van der Waals surface area contributed by atoms with Gasteiger partial charge in [-0.1, -0.05) is 18.7 Å². The normalized spacial score (nSPS) is 10.3. The monoisotopic (exact) mass is 300 g/mol. The van der Waals surface area contributed by atoms with Gasteiger partial charge >= 0.3 is 0 Å². The van der Waals surface area contributed by atoms with Crippen LogP contribution in [-0.4, -0.2) is 11.5 Å². The number of aryl methyl sites for hydroxylation is 1. The predicted octanol–water partition coefficient (Wildman–Crippen LogP) is 4.54. The van der Waals surface area contributed by atoms with E-state index >= 15 is 0 Å². The third-order valence-corrected chi connectivity index (χ3v) is 3.50. The number of nitro groups is 1. The van der Waals surface area contributed by atoms with Gasteiger partial charge in [-0.25, -0.2) is 4.39 Å². The van der Waals surface area contributed by atoms with Gasteiger partial charge in [-0.3, -0.25) is 10.1 Å². The molecule has 0 aromatic heterocycles. The second kappa shape index (κ2) is 6.39. The number of nitro benzene ring substituents is 1. The van der Waals surface area contributed by atoms with Gasteiger partial charge in [0.05, 0.1) is 4.92 Å². The van der Waals surface area contributed by atoms with Crippen molar-refractivity contribution < 1.29 is 9.31 Å². The summed E-state index contributed by atoms with van der Waals surface area (Å²) in [7, 11) is 0. The van der Waals surface area contributed by atoms with Crippen LogP contribution in [0.3, 0.4) is 0 Å². The van der Waals surface area contributed by atoms with Gasteiger partial charge in [0.25, 0.3) is 5.69 Å². The number of anilines is 1. The summed E-state index contributed by atoms with van der Waals surface area (Å²) in [4.78, 5) is 12.4. The van der Waals surface area contributed by atoms with Crippen molar-refractivity contribution in [3.8, 4) is 0 Å². The minimum absolute atomic E-state index is 0.0599. The van der Waals surface area contributed by atoms with Crippen LogP contribution in [0.1, 0.15) is 18.1 Å². The first kappa shape index (κ1) is 15.7. The molecule has 0 aliphatic heterocycles. The lowest BCUT2D eigenvalue weighted by molar-refractivity contribution is -0.384. The summed E-state index contributed by atoms with van der Waals surface area (Å²) in [6.45, 7) is 8.51. The Morgan fingerprint density at radius 2 is 1.91 bits per heavy atom. The Bertz CT molecular complexity index is 711. The highest BCUT2D eigenvalue weighted by molar-refractivity contribution is 5.79. The van der Waals surface area contributed by atoms with Crippen LogP contribution >= 0.6 is 0 Å². The van der Waals surface area contributed by atoms with Crippen LogP contribution in [0, 0.1) is 22.9 Å². The predicted molar refractivity (Wildman–Crippen MR) is 86.3 cm³/mol. The molecule has 0 saturated heterocycles. The fourth-order valence-corrected chi connectivity index (χ4v) is 2.36. The van der Waals surface area contributed by atoms with Crippen LogP contribution in [0.4, 0.5) is 15.8 Å². The molecule has 114 valence electrons. The molecule has 0 aliphatic rings. The number of rotatable bonds is 5. The number of benzene rings is 2. The van der Waals surface area contributed by atoms with Crippen molar-refractivity contribution >= 4 is 17.1 Å². The molecule has 5 heteroatoms. The van der Waals surface area contributed by atoms with Crippen LogP contribution in [0.5, 0.6) is 0 Å². The van der Waals surface area contributed by atoms with Gasteiger partial charge in [0.15, 0.2) is 0 Å². The summed E-state index contributed by atoms with van der Waals surface area (Å²) in [6.07, 6.45) is 0. The van der Waals surface area contributed by atoms with Gasteiger partial charge in [0, 0.05) is 30.1 Å². The summed E-state index contributed by atoms with van der Waals surface area (Å²) in [5, 5.41) is 10.8. The average molecular weight is 300 g/mol. The van der Waals surface area contributed by atoms with E-state index in [9.17, 15) is 14.5 Å². The first-order valence-electron chi connectivity index (χ1n) is 6.91. The molecule has 0 spiro atoms. The molecule has 4 nitrogen and oxygen atoms in total. The maximum absolute atomic E-state index is 13.0. The summed E-state index contributed by atoms with van der Waals surface area (Å²) in [5.41, 5.74) is 3.23. The lowest BCUT2D eigenvalue weighted by atomic mass is 10.1. The molecule has 2 aromatic carbocycles. The third-order valence-electron chi connectivity index (χ3n) is 3.50. The van der Waals surface area contributed by atoms with E-state index < -0.39 is 4.92 Å². The molecule has 0 bridgehead atoms. The molecule has 22 heavy (non-hydrogen) atoms. The minimum atomic E-state index is -0.415. The van der Waals surface area contributed by atoms with E-state index in [2.05, 4.69) is 6.58 Å². The van der Waals surface area contributed by atoms with Crippen molar-refractivity contribution in [2.45, 2.75) is 13.8 Å². The van der Waals surface area contributed by atoms with Crippen molar-refractivity contribution in [1.82, 2.24) is 0 Å². The van der Waals surface area contributed by atoms with E-state index in [0.29, 0.717) is 6.54 Å². The van der Waals surface area contributed by atoms with Gasteiger partial charge in [-0.15, -0.1) is 0 Å². The first-order chi connectivity index (χ1) is 10.4. The number of hydrogen-bond acceptors (Lipinski definition) is 3. The minimum Gasteiger partial charge on any atom is -0.342 e. The Labute approximate surface area is 128 Å². The molecule has 0 atom stereocenters. The second-order valence-electron chi connectivity index (χ2n) is 4.93. The van der Waals surface area contributed by atoms with E-state index in [1.165, 1.54) is 24.3 Å². The first-order valence-corrected chi connectivity index (χ1v) is 6.91. The number of hydrogen-bond donors (Lipinski definition) is 0. The van der Waals surface area contributed by atoms with Crippen LogP contribution in [-0.2, 0) is 0 Å². The third kappa shape index (κ3) is 3.14. The lowest BCUT2D eigenvalue weighted by Crippen LogP contribution is -2.21. The highest BCUT2D eigenvalue weighted by Crippen LogP contribution is 2.30. The summed E-state index contributed by atoms with van der Waals surface area (Å²) in [6, 6.07) is 10.8. The molecule has 0 aliphatic carbocycles. The fraction of sp³-hybridized carbons (Fsp3) is 0.176. The zero-order valence-electron chi connectivity index (χ0n) is 12.5. The molecule has 0 saturated carbocycles. The molecule has 0 unspecified atom stereocenters. The van der Waals surface area contributed by atoms with Crippen molar-refractivity contribution in [2.24, 2.45) is 0 Å². The highest BCUT2D eigenvalue weighted by atomic mass is 19.1. The largest absolute Gasteiger partial charge is 0.342 e. The Morgan fingerprint density at radius 3 is 2.41 bits per heavy atom. The molecule has 0 amide bonds. The number of non-ortho nitro benzene ring substituents is 1. The van der Waals surface area contributed by atoms with E-state index in [4.69, 9.17) is 0 Å². The van der Waals surface area contributed by atoms with Crippen molar-refractivity contribution in [2.75, 3.05) is 11.4 Å². The number of halogens is 1. The quantitative estimate of drug-likeness (QED) is 0.601. The van der Waals surface area contributed by atoms with Gasteiger partial charge in [0.1, 0.15) is 5.82 Å². The smallest absolute Gasteiger partial charge is 0.269 e. The maximum Gasteiger partial charge on any atom is 0.269 e. The molecule has 0 fully saturated rings. The van der Waals surface area contributed by atoms with Crippen molar-refractivity contribution in [1.29, 1.82) is 0 Å². The van der Waals surface area contributed by atoms with E-state index in [-0.39, 0.29) is 11.5 Å². The van der Waals surface area contributed by atoms with Crippen LogP contribution in [0.2, 0.25) is 0 Å². The zero-order chi connectivity index (χ0) is 16.3. The summed E-state index contributed by atoms with van der Waals surface area (Å²) >= 11 is 0. The maximum atomic E-state index is 13.0. The molecular weight excluding hydrogens is 283 g/mol.